The molecule has 0 aliphatic heterocycles. The minimum Gasteiger partial charge on any atom is -0.469 e. The second-order valence-corrected chi connectivity index (χ2v) is 3.74. The molecule has 0 saturated heterocycles. The summed E-state index contributed by atoms with van der Waals surface area (Å²) in [7, 11) is 1.23. The van der Waals surface area contributed by atoms with Crippen LogP contribution in [0, 0.1) is 6.92 Å². The third-order valence-electron chi connectivity index (χ3n) is 2.27. The standard InChI is InChI=1S/C12H13F3O3/c1-8-3-5-10(18-12(13,14)15)9(7-8)4-6-11(16)17-2/h3,5,7H,4,6H2,1-2H3. The normalized spacial score (nSPS) is 11.2. The Morgan fingerprint density at radius 1 is 1.33 bits per heavy atom. The zero-order valence-electron chi connectivity index (χ0n) is 10.0. The molecule has 0 saturated carbocycles. The smallest absolute Gasteiger partial charge is 0.469 e. The minimum atomic E-state index is -4.74. The van der Waals surface area contributed by atoms with Gasteiger partial charge in [-0.15, -0.1) is 13.2 Å². The molecular formula is C12H13F3O3. The van der Waals surface area contributed by atoms with Crippen LogP contribution in [0.3, 0.4) is 0 Å². The lowest BCUT2D eigenvalue weighted by atomic mass is 10.1. The van der Waals surface area contributed by atoms with Gasteiger partial charge in [-0.1, -0.05) is 17.7 Å². The van der Waals surface area contributed by atoms with Gasteiger partial charge in [0.25, 0.3) is 0 Å². The van der Waals surface area contributed by atoms with Gasteiger partial charge in [0.15, 0.2) is 0 Å². The Labute approximate surface area is 103 Å². The van der Waals surface area contributed by atoms with E-state index < -0.39 is 12.3 Å². The summed E-state index contributed by atoms with van der Waals surface area (Å²) >= 11 is 0. The molecule has 0 bridgehead atoms. The average molecular weight is 262 g/mol. The quantitative estimate of drug-likeness (QED) is 0.782. The first-order chi connectivity index (χ1) is 8.31. The molecule has 3 nitrogen and oxygen atoms in total. The van der Waals surface area contributed by atoms with E-state index in [2.05, 4.69) is 9.47 Å². The lowest BCUT2D eigenvalue weighted by Gasteiger charge is -2.13. The molecule has 1 aromatic rings. The number of ether oxygens (including phenoxy) is 2. The average Bonchev–Trinajstić information content (AvgIpc) is 2.27. The first kappa shape index (κ1) is 14.3. The summed E-state index contributed by atoms with van der Waals surface area (Å²) in [5.74, 6) is -0.758. The van der Waals surface area contributed by atoms with E-state index in [0.29, 0.717) is 5.56 Å². The SMILES string of the molecule is COC(=O)CCc1cc(C)ccc1OC(F)(F)F. The topological polar surface area (TPSA) is 35.5 Å². The van der Waals surface area contributed by atoms with E-state index in [1.807, 2.05) is 0 Å². The van der Waals surface area contributed by atoms with Crippen molar-refractivity contribution < 1.29 is 27.4 Å². The summed E-state index contributed by atoms with van der Waals surface area (Å²) in [5, 5.41) is 0. The largest absolute Gasteiger partial charge is 0.573 e. The summed E-state index contributed by atoms with van der Waals surface area (Å²) < 4.78 is 44.9. The fraction of sp³-hybridized carbons (Fsp3) is 0.417. The highest BCUT2D eigenvalue weighted by molar-refractivity contribution is 5.69. The molecule has 0 spiro atoms. The van der Waals surface area contributed by atoms with Crippen molar-refractivity contribution in [1.82, 2.24) is 0 Å². The predicted molar refractivity (Wildman–Crippen MR) is 58.2 cm³/mol. The zero-order valence-corrected chi connectivity index (χ0v) is 10.0. The van der Waals surface area contributed by atoms with Gasteiger partial charge in [0, 0.05) is 6.42 Å². The molecule has 18 heavy (non-hydrogen) atoms. The highest BCUT2D eigenvalue weighted by Crippen LogP contribution is 2.28. The Morgan fingerprint density at radius 3 is 2.56 bits per heavy atom. The van der Waals surface area contributed by atoms with E-state index in [4.69, 9.17) is 0 Å². The minimum absolute atomic E-state index is 0.00811. The maximum atomic E-state index is 12.2. The summed E-state index contributed by atoms with van der Waals surface area (Å²) in [4.78, 5) is 11.0. The van der Waals surface area contributed by atoms with E-state index in [1.165, 1.54) is 19.2 Å². The van der Waals surface area contributed by atoms with Crippen LogP contribution in [0.25, 0.3) is 0 Å². The van der Waals surface area contributed by atoms with Gasteiger partial charge < -0.3 is 9.47 Å². The first-order valence-corrected chi connectivity index (χ1v) is 5.24. The van der Waals surface area contributed by atoms with Crippen LogP contribution in [0.2, 0.25) is 0 Å². The molecule has 0 aliphatic carbocycles. The molecule has 0 fully saturated rings. The fourth-order valence-electron chi connectivity index (χ4n) is 1.47. The van der Waals surface area contributed by atoms with Gasteiger partial charge in [0.2, 0.25) is 0 Å². The molecule has 0 heterocycles. The maximum Gasteiger partial charge on any atom is 0.573 e. The highest BCUT2D eigenvalue weighted by atomic mass is 19.4. The third-order valence-corrected chi connectivity index (χ3v) is 2.27. The van der Waals surface area contributed by atoms with Crippen LogP contribution in [-0.2, 0) is 16.0 Å². The highest BCUT2D eigenvalue weighted by Gasteiger charge is 2.32. The van der Waals surface area contributed by atoms with Gasteiger partial charge in [-0.05, 0) is 25.0 Å². The predicted octanol–water partition coefficient (Wildman–Crippen LogP) is 3.00. The third kappa shape index (κ3) is 4.65. The van der Waals surface area contributed by atoms with Gasteiger partial charge >= 0.3 is 12.3 Å². The Hall–Kier alpha value is -1.72. The molecular weight excluding hydrogens is 249 g/mol. The molecule has 0 amide bonds. The number of carbonyl (C=O) groups is 1. The number of hydrogen-bond acceptors (Lipinski definition) is 3. The molecule has 0 radical (unpaired) electrons. The van der Waals surface area contributed by atoms with Gasteiger partial charge in [-0.25, -0.2) is 0 Å². The van der Waals surface area contributed by atoms with Crippen LogP contribution in [0.15, 0.2) is 18.2 Å². The van der Waals surface area contributed by atoms with Crippen molar-refractivity contribution in [3.8, 4) is 5.75 Å². The number of alkyl halides is 3. The lowest BCUT2D eigenvalue weighted by molar-refractivity contribution is -0.274. The Bertz CT molecular complexity index is 427. The summed E-state index contributed by atoms with van der Waals surface area (Å²) in [5.41, 5.74) is 1.13. The number of rotatable bonds is 4. The molecule has 1 rings (SSSR count). The van der Waals surface area contributed by atoms with Crippen LogP contribution >= 0.6 is 0 Å². The van der Waals surface area contributed by atoms with Crippen LogP contribution in [0.1, 0.15) is 17.5 Å². The van der Waals surface area contributed by atoms with Crippen LogP contribution in [0.4, 0.5) is 13.2 Å². The number of methoxy groups -OCH3 is 1. The Kier molecular flexibility index (Phi) is 4.58. The van der Waals surface area contributed by atoms with E-state index >= 15 is 0 Å². The van der Waals surface area contributed by atoms with Gasteiger partial charge in [-0.3, -0.25) is 4.79 Å². The second-order valence-electron chi connectivity index (χ2n) is 3.74. The monoisotopic (exact) mass is 262 g/mol. The molecule has 100 valence electrons. The molecule has 6 heteroatoms. The summed E-state index contributed by atoms with van der Waals surface area (Å²) in [6, 6.07) is 4.32. The van der Waals surface area contributed by atoms with Crippen molar-refractivity contribution in [2.75, 3.05) is 7.11 Å². The second kappa shape index (κ2) is 5.75. The molecule has 0 atom stereocenters. The Balaban J connectivity index is 2.86. The molecule has 0 aromatic heterocycles. The zero-order chi connectivity index (χ0) is 13.8. The van der Waals surface area contributed by atoms with Crippen molar-refractivity contribution in [3.05, 3.63) is 29.3 Å². The van der Waals surface area contributed by atoms with Crippen molar-refractivity contribution in [1.29, 1.82) is 0 Å². The first-order valence-electron chi connectivity index (χ1n) is 5.24. The van der Waals surface area contributed by atoms with Crippen LogP contribution in [0.5, 0.6) is 5.75 Å². The number of hydrogen-bond donors (Lipinski definition) is 0. The van der Waals surface area contributed by atoms with E-state index in [1.54, 1.807) is 13.0 Å². The summed E-state index contributed by atoms with van der Waals surface area (Å²) in [6.07, 6.45) is -4.59. The molecule has 0 unspecified atom stereocenters. The van der Waals surface area contributed by atoms with Crippen molar-refractivity contribution >= 4 is 5.97 Å². The van der Waals surface area contributed by atoms with E-state index in [-0.39, 0.29) is 18.6 Å². The van der Waals surface area contributed by atoms with Crippen molar-refractivity contribution in [2.45, 2.75) is 26.1 Å². The molecule has 0 N–H and O–H groups in total. The number of aryl methyl sites for hydroxylation is 2. The van der Waals surface area contributed by atoms with Crippen LogP contribution < -0.4 is 4.74 Å². The number of benzene rings is 1. The van der Waals surface area contributed by atoms with Gasteiger partial charge in [0.05, 0.1) is 7.11 Å². The Morgan fingerprint density at radius 2 is 2.00 bits per heavy atom. The number of halogens is 3. The number of carbonyl (C=O) groups excluding carboxylic acids is 1. The summed E-state index contributed by atoms with van der Waals surface area (Å²) in [6.45, 7) is 1.75. The van der Waals surface area contributed by atoms with Gasteiger partial charge in [0.1, 0.15) is 5.75 Å². The number of esters is 1. The molecule has 1 aromatic carbocycles. The molecule has 0 aliphatic rings. The van der Waals surface area contributed by atoms with Crippen molar-refractivity contribution in [3.63, 3.8) is 0 Å². The lowest BCUT2D eigenvalue weighted by Crippen LogP contribution is -2.18. The fourth-order valence-corrected chi connectivity index (χ4v) is 1.47. The van der Waals surface area contributed by atoms with Gasteiger partial charge in [-0.2, -0.15) is 0 Å². The van der Waals surface area contributed by atoms with Crippen molar-refractivity contribution in [2.24, 2.45) is 0 Å². The maximum absolute atomic E-state index is 12.2. The van der Waals surface area contributed by atoms with Crippen LogP contribution in [-0.4, -0.2) is 19.4 Å². The van der Waals surface area contributed by atoms with E-state index in [9.17, 15) is 18.0 Å². The van der Waals surface area contributed by atoms with E-state index in [0.717, 1.165) is 5.56 Å².